The van der Waals surface area contributed by atoms with E-state index < -0.39 is 29.1 Å². The molecule has 2 saturated heterocycles. The molecule has 1 aromatic heterocycles. The Hall–Kier alpha value is -2.45. The summed E-state index contributed by atoms with van der Waals surface area (Å²) < 4.78 is 16.7. The van der Waals surface area contributed by atoms with E-state index in [9.17, 15) is 9.59 Å². The molecule has 0 unspecified atom stereocenters. The van der Waals surface area contributed by atoms with E-state index in [1.807, 2.05) is 43.5 Å². The number of thiazole rings is 1. The number of hydrogen-bond donors (Lipinski definition) is 1. The van der Waals surface area contributed by atoms with Crippen molar-refractivity contribution >= 4 is 34.1 Å². The number of nitrogens with zero attached hydrogens (tertiary/aromatic N) is 1. The molecule has 2 aliphatic rings. The van der Waals surface area contributed by atoms with Crippen LogP contribution in [0.2, 0.25) is 0 Å². The van der Waals surface area contributed by atoms with Gasteiger partial charge in [0.25, 0.3) is 0 Å². The number of carbonyl (C=O) groups excluding carboxylic acids is 2. The second kappa shape index (κ2) is 8.00. The van der Waals surface area contributed by atoms with Gasteiger partial charge in [0.15, 0.2) is 16.1 Å². The minimum atomic E-state index is -1.27. The number of anilines is 2. The Morgan fingerprint density at radius 2 is 2.03 bits per heavy atom. The number of benzene rings is 1. The van der Waals surface area contributed by atoms with E-state index in [1.165, 1.54) is 16.9 Å². The Labute approximate surface area is 179 Å². The Balaban J connectivity index is 1.48. The molecule has 3 atom stereocenters. The molecular formula is C22H26N2O5S. The quantitative estimate of drug-likeness (QED) is 0.402. The molecule has 2 aliphatic heterocycles. The summed E-state index contributed by atoms with van der Waals surface area (Å²) in [6, 6.07) is 8.01. The first-order valence-corrected chi connectivity index (χ1v) is 11.0. The van der Waals surface area contributed by atoms with Gasteiger partial charge < -0.3 is 19.5 Å². The van der Waals surface area contributed by atoms with E-state index >= 15 is 0 Å². The number of carbonyl (C=O) groups is 2. The van der Waals surface area contributed by atoms with Gasteiger partial charge in [0, 0.05) is 30.5 Å². The van der Waals surface area contributed by atoms with E-state index in [0.29, 0.717) is 24.0 Å². The summed E-state index contributed by atoms with van der Waals surface area (Å²) in [7, 11) is 0. The molecule has 1 N–H and O–H groups in total. The maximum Gasteiger partial charge on any atom is 0.324 e. The Kier molecular flexibility index (Phi) is 5.55. The second-order valence-corrected chi connectivity index (χ2v) is 9.07. The first-order chi connectivity index (χ1) is 14.3. The molecule has 0 saturated carbocycles. The van der Waals surface area contributed by atoms with Crippen molar-refractivity contribution in [1.82, 2.24) is 4.98 Å². The molecule has 2 fully saturated rings. The fourth-order valence-electron chi connectivity index (χ4n) is 4.00. The van der Waals surface area contributed by atoms with Crippen molar-refractivity contribution in [2.45, 2.75) is 51.7 Å². The lowest BCUT2D eigenvalue weighted by molar-refractivity contribution is -0.160. The minimum Gasteiger partial charge on any atom is -0.459 e. The van der Waals surface area contributed by atoms with E-state index in [1.54, 1.807) is 6.92 Å². The molecule has 0 bridgehead atoms. The highest BCUT2D eigenvalue weighted by molar-refractivity contribution is 7.13. The van der Waals surface area contributed by atoms with Gasteiger partial charge in [-0.25, -0.2) is 4.98 Å². The van der Waals surface area contributed by atoms with Gasteiger partial charge in [-0.05, 0) is 32.4 Å². The maximum absolute atomic E-state index is 12.8. The average Bonchev–Trinajstić information content (AvgIpc) is 3.36. The fraction of sp³-hybridized carbons (Fsp3) is 0.500. The zero-order chi connectivity index (χ0) is 21.4. The van der Waals surface area contributed by atoms with Crippen LogP contribution in [0.25, 0.3) is 0 Å². The minimum absolute atomic E-state index is 0.218. The van der Waals surface area contributed by atoms with Crippen LogP contribution in [0.3, 0.4) is 0 Å². The largest absolute Gasteiger partial charge is 0.459 e. The third kappa shape index (κ3) is 3.81. The third-order valence-electron chi connectivity index (χ3n) is 5.59. The fourth-order valence-corrected chi connectivity index (χ4v) is 4.86. The second-order valence-electron chi connectivity index (χ2n) is 8.21. The highest BCUT2D eigenvalue weighted by Crippen LogP contribution is 2.52. The smallest absolute Gasteiger partial charge is 0.324 e. The zero-order valence-electron chi connectivity index (χ0n) is 17.4. The van der Waals surface area contributed by atoms with E-state index in [2.05, 4.69) is 10.3 Å². The Morgan fingerprint density at radius 3 is 2.77 bits per heavy atom. The van der Waals surface area contributed by atoms with Crippen LogP contribution in [-0.4, -0.2) is 36.2 Å². The monoisotopic (exact) mass is 430 g/mol. The van der Waals surface area contributed by atoms with Crippen molar-refractivity contribution in [3.8, 4) is 0 Å². The normalized spacial score (nSPS) is 28.0. The summed E-state index contributed by atoms with van der Waals surface area (Å²) in [5.74, 6) is -1.05. The first-order valence-electron chi connectivity index (χ1n) is 10.2. The molecule has 0 aliphatic carbocycles. The van der Waals surface area contributed by atoms with Crippen molar-refractivity contribution in [2.24, 2.45) is 5.41 Å². The molecule has 160 valence electrons. The summed E-state index contributed by atoms with van der Waals surface area (Å²) in [6.07, 6.45) is 0.959. The molecule has 1 spiro atoms. The van der Waals surface area contributed by atoms with E-state index in [4.69, 9.17) is 14.2 Å². The number of aromatic nitrogens is 1. The molecule has 7 nitrogen and oxygen atoms in total. The summed E-state index contributed by atoms with van der Waals surface area (Å²) >= 11 is 1.43. The van der Waals surface area contributed by atoms with Crippen LogP contribution in [0.5, 0.6) is 0 Å². The van der Waals surface area contributed by atoms with Crippen LogP contribution >= 0.6 is 11.3 Å². The SMILES string of the molecule is CCCOC[C@@H]1C[C@@]2(C[C@@](C)(c3csc(Nc4ccc(C)cc4)n3)OC2=O)C(=O)O1. The lowest BCUT2D eigenvalue weighted by atomic mass is 9.78. The summed E-state index contributed by atoms with van der Waals surface area (Å²) in [6.45, 7) is 6.74. The predicted molar refractivity (Wildman–Crippen MR) is 113 cm³/mol. The molecule has 1 aromatic carbocycles. The summed E-state index contributed by atoms with van der Waals surface area (Å²) in [5, 5.41) is 5.83. The molecule has 3 heterocycles. The van der Waals surface area contributed by atoms with Crippen molar-refractivity contribution in [3.63, 3.8) is 0 Å². The molecule has 0 radical (unpaired) electrons. The molecule has 2 aromatic rings. The van der Waals surface area contributed by atoms with Gasteiger partial charge >= 0.3 is 11.9 Å². The predicted octanol–water partition coefficient (Wildman–Crippen LogP) is 4.09. The van der Waals surface area contributed by atoms with Crippen molar-refractivity contribution in [2.75, 3.05) is 18.5 Å². The van der Waals surface area contributed by atoms with Gasteiger partial charge in [-0.2, -0.15) is 0 Å². The van der Waals surface area contributed by atoms with Crippen LogP contribution in [0.4, 0.5) is 10.8 Å². The van der Waals surface area contributed by atoms with Gasteiger partial charge in [0.05, 0.1) is 12.3 Å². The third-order valence-corrected chi connectivity index (χ3v) is 6.35. The highest BCUT2D eigenvalue weighted by atomic mass is 32.1. The van der Waals surface area contributed by atoms with Gasteiger partial charge in [-0.3, -0.25) is 9.59 Å². The molecule has 0 amide bonds. The van der Waals surface area contributed by atoms with Gasteiger partial charge in [0.1, 0.15) is 6.10 Å². The average molecular weight is 431 g/mol. The number of ether oxygens (including phenoxy) is 3. The van der Waals surface area contributed by atoms with E-state index in [-0.39, 0.29) is 12.8 Å². The van der Waals surface area contributed by atoms with E-state index in [0.717, 1.165) is 12.1 Å². The molecular weight excluding hydrogens is 404 g/mol. The van der Waals surface area contributed by atoms with Crippen molar-refractivity contribution < 1.29 is 23.8 Å². The van der Waals surface area contributed by atoms with Crippen LogP contribution in [0.1, 0.15) is 44.4 Å². The maximum atomic E-state index is 12.8. The van der Waals surface area contributed by atoms with Crippen molar-refractivity contribution in [3.05, 3.63) is 40.9 Å². The first kappa shape index (κ1) is 20.8. The molecule has 8 heteroatoms. The van der Waals surface area contributed by atoms with Crippen LogP contribution in [0.15, 0.2) is 29.6 Å². The Morgan fingerprint density at radius 1 is 1.27 bits per heavy atom. The lowest BCUT2D eigenvalue weighted by Gasteiger charge is -2.20. The van der Waals surface area contributed by atoms with Gasteiger partial charge in [-0.1, -0.05) is 24.6 Å². The topological polar surface area (TPSA) is 86.8 Å². The van der Waals surface area contributed by atoms with Crippen LogP contribution in [0, 0.1) is 12.3 Å². The Bertz CT molecular complexity index is 943. The standard InChI is InChI=1S/C22H26N2O5S/c1-4-9-27-11-16-10-22(18(25)28-16)13-21(3,29-19(22)26)17-12-30-20(24-17)23-15-7-5-14(2)6-8-15/h5-8,12,16H,4,9-11,13H2,1-3H3,(H,23,24)/t16-,21-,22+/m0/s1. The number of nitrogens with one attached hydrogen (secondary N) is 1. The number of rotatable bonds is 7. The van der Waals surface area contributed by atoms with Crippen molar-refractivity contribution in [1.29, 1.82) is 0 Å². The lowest BCUT2D eigenvalue weighted by Crippen LogP contribution is -2.32. The molecule has 4 rings (SSSR count). The number of aryl methyl sites for hydroxylation is 1. The summed E-state index contributed by atoms with van der Waals surface area (Å²) in [4.78, 5) is 30.1. The highest BCUT2D eigenvalue weighted by Gasteiger charge is 2.65. The zero-order valence-corrected chi connectivity index (χ0v) is 18.2. The van der Waals surface area contributed by atoms with Crippen LogP contribution in [-0.2, 0) is 29.4 Å². The number of hydrogen-bond acceptors (Lipinski definition) is 8. The van der Waals surface area contributed by atoms with Gasteiger partial charge in [-0.15, -0.1) is 11.3 Å². The van der Waals surface area contributed by atoms with Crippen LogP contribution < -0.4 is 5.32 Å². The number of esters is 2. The summed E-state index contributed by atoms with van der Waals surface area (Å²) in [5.41, 5.74) is 0.492. The molecule has 30 heavy (non-hydrogen) atoms. The van der Waals surface area contributed by atoms with Gasteiger partial charge in [0.2, 0.25) is 0 Å². The number of cyclic esters (lactones) is 2.